The molecule has 0 bridgehead atoms. The molecule has 0 radical (unpaired) electrons. The van der Waals surface area contributed by atoms with Gasteiger partial charge in [0.25, 0.3) is 0 Å². The highest BCUT2D eigenvalue weighted by Gasteiger charge is 2.51. The number of hydrogen-bond acceptors (Lipinski definition) is 1. The van der Waals surface area contributed by atoms with Crippen LogP contribution in [0.25, 0.3) is 11.0 Å². The van der Waals surface area contributed by atoms with Crippen molar-refractivity contribution in [2.24, 2.45) is 5.92 Å². The van der Waals surface area contributed by atoms with Crippen LogP contribution in [-0.2, 0) is 13.0 Å². The van der Waals surface area contributed by atoms with E-state index in [0.717, 1.165) is 30.7 Å². The lowest BCUT2D eigenvalue weighted by atomic mass is 10.3. The highest BCUT2D eigenvalue weighted by Crippen LogP contribution is 2.54. The third-order valence-electron chi connectivity index (χ3n) is 3.41. The number of hydrogen-bond donors (Lipinski definition) is 0. The molecule has 3 rings (SSSR count). The van der Waals surface area contributed by atoms with Gasteiger partial charge in [-0.05, 0) is 18.6 Å². The summed E-state index contributed by atoms with van der Waals surface area (Å²) in [6.45, 7) is 3.00. The Morgan fingerprint density at radius 3 is 2.76 bits per heavy atom. The first-order valence-electron chi connectivity index (χ1n) is 5.94. The van der Waals surface area contributed by atoms with Crippen molar-refractivity contribution in [3.63, 3.8) is 0 Å². The second-order valence-electron chi connectivity index (χ2n) is 4.64. The maximum atomic E-state index is 6.10. The van der Waals surface area contributed by atoms with Crippen molar-refractivity contribution in [3.8, 4) is 0 Å². The predicted octanol–water partition coefficient (Wildman–Crippen LogP) is 3.79. The first-order chi connectivity index (χ1) is 8.12. The van der Waals surface area contributed by atoms with Gasteiger partial charge >= 0.3 is 0 Å². The number of alkyl halides is 2. The van der Waals surface area contributed by atoms with Gasteiger partial charge in [-0.1, -0.05) is 19.1 Å². The number of nitrogens with zero attached hydrogens (tertiary/aromatic N) is 2. The topological polar surface area (TPSA) is 17.8 Å². The number of fused-ring (bicyclic) bond motifs is 1. The second-order valence-corrected chi connectivity index (χ2v) is 6.19. The monoisotopic (exact) mass is 268 g/mol. The third kappa shape index (κ3) is 1.94. The van der Waals surface area contributed by atoms with Crippen LogP contribution in [0.2, 0.25) is 0 Å². The summed E-state index contributed by atoms with van der Waals surface area (Å²) in [4.78, 5) is 4.64. The van der Waals surface area contributed by atoms with Crippen LogP contribution in [-0.4, -0.2) is 13.9 Å². The van der Waals surface area contributed by atoms with Gasteiger partial charge in [-0.3, -0.25) is 0 Å². The zero-order valence-corrected chi connectivity index (χ0v) is 11.2. The minimum Gasteiger partial charge on any atom is -0.328 e. The molecule has 1 heterocycles. The summed E-state index contributed by atoms with van der Waals surface area (Å²) >= 11 is 12.2. The fourth-order valence-corrected chi connectivity index (χ4v) is 2.80. The summed E-state index contributed by atoms with van der Waals surface area (Å²) in [5.41, 5.74) is 2.24. The van der Waals surface area contributed by atoms with E-state index in [0.29, 0.717) is 5.92 Å². The lowest BCUT2D eigenvalue weighted by molar-refractivity contribution is 0.609. The van der Waals surface area contributed by atoms with Gasteiger partial charge in [0, 0.05) is 18.9 Å². The van der Waals surface area contributed by atoms with Crippen LogP contribution in [0.15, 0.2) is 24.3 Å². The lowest BCUT2D eigenvalue weighted by Crippen LogP contribution is -2.07. The van der Waals surface area contributed by atoms with E-state index in [2.05, 4.69) is 22.5 Å². The SMILES string of the molecule is CCc1nc2ccccc2n1C[C@H]1CC1(Cl)Cl. The third-order valence-corrected chi connectivity index (χ3v) is 4.33. The summed E-state index contributed by atoms with van der Waals surface area (Å²) in [5, 5.41) is 0. The number of halogens is 2. The maximum absolute atomic E-state index is 6.10. The van der Waals surface area contributed by atoms with Crippen LogP contribution in [0.3, 0.4) is 0 Å². The molecule has 4 heteroatoms. The standard InChI is InChI=1S/C13H14Cl2N2/c1-2-12-16-10-5-3-4-6-11(10)17(12)8-9-7-13(9,14)15/h3-6,9H,2,7-8H2,1H3/t9-/m1/s1. The fraction of sp³-hybridized carbons (Fsp3) is 0.462. The molecule has 0 unspecified atom stereocenters. The van der Waals surface area contributed by atoms with Crippen molar-refractivity contribution in [2.45, 2.75) is 30.6 Å². The van der Waals surface area contributed by atoms with Crippen molar-refractivity contribution < 1.29 is 0 Å². The van der Waals surface area contributed by atoms with Crippen LogP contribution < -0.4 is 0 Å². The summed E-state index contributed by atoms with van der Waals surface area (Å²) in [7, 11) is 0. The van der Waals surface area contributed by atoms with Gasteiger partial charge in [-0.15, -0.1) is 23.2 Å². The van der Waals surface area contributed by atoms with E-state index >= 15 is 0 Å². The average Bonchev–Trinajstić information content (AvgIpc) is 2.76. The molecule has 0 N–H and O–H groups in total. The fourth-order valence-electron chi connectivity index (χ4n) is 2.29. The Hall–Kier alpha value is -0.730. The molecule has 2 aromatic rings. The summed E-state index contributed by atoms with van der Waals surface area (Å²) in [6, 6.07) is 8.21. The largest absolute Gasteiger partial charge is 0.328 e. The summed E-state index contributed by atoms with van der Waals surface area (Å²) < 4.78 is 1.74. The molecule has 0 saturated heterocycles. The van der Waals surface area contributed by atoms with E-state index in [9.17, 15) is 0 Å². The highest BCUT2D eigenvalue weighted by atomic mass is 35.5. The molecule has 1 aromatic heterocycles. The molecule has 1 saturated carbocycles. The molecule has 1 aliphatic rings. The Bertz CT molecular complexity index is 560. The van der Waals surface area contributed by atoms with Gasteiger partial charge in [0.05, 0.1) is 11.0 Å². The van der Waals surface area contributed by atoms with Crippen molar-refractivity contribution in [3.05, 3.63) is 30.1 Å². The van der Waals surface area contributed by atoms with Crippen LogP contribution in [0, 0.1) is 5.92 Å². The Balaban J connectivity index is 2.01. The van der Waals surface area contributed by atoms with Crippen LogP contribution in [0.1, 0.15) is 19.2 Å². The average molecular weight is 269 g/mol. The molecule has 1 atom stereocenters. The highest BCUT2D eigenvalue weighted by molar-refractivity contribution is 6.50. The first kappa shape index (κ1) is 11.4. The van der Waals surface area contributed by atoms with E-state index in [1.165, 1.54) is 5.52 Å². The van der Waals surface area contributed by atoms with Crippen molar-refractivity contribution in [1.82, 2.24) is 9.55 Å². The van der Waals surface area contributed by atoms with Crippen molar-refractivity contribution in [1.29, 1.82) is 0 Å². The Morgan fingerprint density at radius 2 is 2.12 bits per heavy atom. The molecular formula is C13H14Cl2N2. The summed E-state index contributed by atoms with van der Waals surface area (Å²) in [5.74, 6) is 1.47. The van der Waals surface area contributed by atoms with Crippen molar-refractivity contribution in [2.75, 3.05) is 0 Å². The Labute approximate surface area is 111 Å². The van der Waals surface area contributed by atoms with E-state index < -0.39 is 4.33 Å². The molecule has 0 spiro atoms. The number of rotatable bonds is 3. The molecule has 90 valence electrons. The molecular weight excluding hydrogens is 255 g/mol. The number of benzene rings is 1. The first-order valence-corrected chi connectivity index (χ1v) is 6.69. The normalized spacial score (nSPS) is 21.9. The minimum atomic E-state index is -0.517. The van der Waals surface area contributed by atoms with Crippen molar-refractivity contribution >= 4 is 34.2 Å². The number of aryl methyl sites for hydroxylation is 1. The van der Waals surface area contributed by atoms with Gasteiger partial charge in [0.1, 0.15) is 10.2 Å². The molecule has 2 nitrogen and oxygen atoms in total. The second kappa shape index (κ2) is 3.89. The molecule has 0 amide bonds. The van der Waals surface area contributed by atoms with Crippen LogP contribution in [0.4, 0.5) is 0 Å². The number of aromatic nitrogens is 2. The van der Waals surface area contributed by atoms with Gasteiger partial charge in [-0.2, -0.15) is 0 Å². The zero-order valence-electron chi connectivity index (χ0n) is 9.66. The maximum Gasteiger partial charge on any atom is 0.123 e. The van der Waals surface area contributed by atoms with E-state index in [1.807, 2.05) is 18.2 Å². The van der Waals surface area contributed by atoms with Gasteiger partial charge < -0.3 is 4.57 Å². The summed E-state index contributed by atoms with van der Waals surface area (Å²) in [6.07, 6.45) is 1.81. The van der Waals surface area contributed by atoms with Gasteiger partial charge in [0.2, 0.25) is 0 Å². The van der Waals surface area contributed by atoms with E-state index in [4.69, 9.17) is 23.2 Å². The van der Waals surface area contributed by atoms with Crippen LogP contribution in [0.5, 0.6) is 0 Å². The molecule has 1 aromatic carbocycles. The number of imidazole rings is 1. The predicted molar refractivity (Wildman–Crippen MR) is 71.7 cm³/mol. The molecule has 1 fully saturated rings. The Kier molecular flexibility index (Phi) is 2.60. The molecule has 0 aliphatic heterocycles. The molecule has 1 aliphatic carbocycles. The lowest BCUT2D eigenvalue weighted by Gasteiger charge is -2.07. The quantitative estimate of drug-likeness (QED) is 0.775. The smallest absolute Gasteiger partial charge is 0.123 e. The minimum absolute atomic E-state index is 0.355. The van der Waals surface area contributed by atoms with E-state index in [-0.39, 0.29) is 0 Å². The number of para-hydroxylation sites is 2. The van der Waals surface area contributed by atoms with Crippen LogP contribution >= 0.6 is 23.2 Å². The zero-order chi connectivity index (χ0) is 12.0. The van der Waals surface area contributed by atoms with Gasteiger partial charge in [0.15, 0.2) is 0 Å². The Morgan fingerprint density at radius 1 is 1.41 bits per heavy atom. The molecule has 17 heavy (non-hydrogen) atoms. The van der Waals surface area contributed by atoms with Gasteiger partial charge in [-0.25, -0.2) is 4.98 Å². The van der Waals surface area contributed by atoms with E-state index in [1.54, 1.807) is 0 Å².